The molecule has 1 fully saturated rings. The molecule has 114 valence electrons. The molecule has 1 heterocycles. The number of rotatable bonds is 4. The first-order chi connectivity index (χ1) is 9.95. The lowest BCUT2D eigenvalue weighted by Crippen LogP contribution is -2.42. The minimum atomic E-state index is -0.244. The second-order valence-corrected chi connectivity index (χ2v) is 5.59. The Morgan fingerprint density at radius 1 is 1.33 bits per heavy atom. The lowest BCUT2D eigenvalue weighted by Gasteiger charge is -2.29. The zero-order chi connectivity index (χ0) is 15.4. The van der Waals surface area contributed by atoms with E-state index in [2.05, 4.69) is 5.32 Å². The topological polar surface area (TPSA) is 101 Å². The monoisotopic (exact) mass is 290 g/mol. The third kappa shape index (κ3) is 4.19. The number of nitrogen functional groups attached to an aromatic ring is 1. The molecule has 21 heavy (non-hydrogen) atoms. The molecular formula is C15H22N4O2. The molecule has 0 aliphatic carbocycles. The second kappa shape index (κ2) is 6.58. The number of anilines is 2. The van der Waals surface area contributed by atoms with Crippen LogP contribution in [0.3, 0.4) is 0 Å². The van der Waals surface area contributed by atoms with Crippen LogP contribution in [0.2, 0.25) is 0 Å². The van der Waals surface area contributed by atoms with Crippen LogP contribution in [-0.4, -0.2) is 36.3 Å². The van der Waals surface area contributed by atoms with Gasteiger partial charge >= 0.3 is 0 Å². The minimum Gasteiger partial charge on any atom is -0.397 e. The lowest BCUT2D eigenvalue weighted by molar-refractivity contribution is -0.123. The number of nitrogens with one attached hydrogen (secondary N) is 1. The van der Waals surface area contributed by atoms with Gasteiger partial charge in [-0.1, -0.05) is 6.07 Å². The van der Waals surface area contributed by atoms with Crippen LogP contribution < -0.4 is 16.8 Å². The van der Waals surface area contributed by atoms with E-state index in [0.29, 0.717) is 31.0 Å². The Labute approximate surface area is 124 Å². The fourth-order valence-electron chi connectivity index (χ4n) is 2.56. The molecule has 1 aliphatic heterocycles. The van der Waals surface area contributed by atoms with E-state index in [1.54, 1.807) is 0 Å². The predicted molar refractivity (Wildman–Crippen MR) is 82.6 cm³/mol. The zero-order valence-electron chi connectivity index (χ0n) is 12.3. The highest BCUT2D eigenvalue weighted by Gasteiger charge is 2.24. The summed E-state index contributed by atoms with van der Waals surface area (Å²) in [6.45, 7) is 3.68. The van der Waals surface area contributed by atoms with Crippen molar-refractivity contribution < 1.29 is 9.59 Å². The van der Waals surface area contributed by atoms with Gasteiger partial charge in [0.05, 0.1) is 17.9 Å². The second-order valence-electron chi connectivity index (χ2n) is 5.59. The van der Waals surface area contributed by atoms with Crippen molar-refractivity contribution in [3.05, 3.63) is 23.8 Å². The highest BCUT2D eigenvalue weighted by molar-refractivity contribution is 5.95. The molecule has 2 rings (SSSR count). The van der Waals surface area contributed by atoms with Crippen LogP contribution in [-0.2, 0) is 9.59 Å². The first-order valence-electron chi connectivity index (χ1n) is 7.13. The highest BCUT2D eigenvalue weighted by atomic mass is 16.2. The number of hydrogen-bond donors (Lipinski definition) is 3. The molecule has 0 atom stereocenters. The number of piperidine rings is 1. The molecule has 0 aromatic heterocycles. The molecule has 0 spiro atoms. The third-order valence-electron chi connectivity index (χ3n) is 3.84. The van der Waals surface area contributed by atoms with E-state index < -0.39 is 0 Å². The molecule has 0 unspecified atom stereocenters. The average molecular weight is 290 g/mol. The number of carbonyl (C=O) groups is 2. The Kier molecular flexibility index (Phi) is 4.80. The normalized spacial score (nSPS) is 16.6. The van der Waals surface area contributed by atoms with E-state index in [0.717, 1.165) is 18.4 Å². The molecule has 6 nitrogen and oxygen atoms in total. The van der Waals surface area contributed by atoms with Crippen molar-refractivity contribution in [2.75, 3.05) is 30.7 Å². The van der Waals surface area contributed by atoms with E-state index in [1.807, 2.05) is 30.0 Å². The SMILES string of the molecule is Cc1ccc(NC(=O)CN2CCC(C(N)=O)CC2)c(N)c1. The number of nitrogens with two attached hydrogens (primary N) is 2. The number of hydrogen-bond acceptors (Lipinski definition) is 4. The quantitative estimate of drug-likeness (QED) is 0.711. The number of aryl methyl sites for hydroxylation is 1. The van der Waals surface area contributed by atoms with Crippen LogP contribution in [0.1, 0.15) is 18.4 Å². The van der Waals surface area contributed by atoms with Crippen LogP contribution >= 0.6 is 0 Å². The van der Waals surface area contributed by atoms with Crippen LogP contribution in [0.5, 0.6) is 0 Å². The highest BCUT2D eigenvalue weighted by Crippen LogP contribution is 2.20. The van der Waals surface area contributed by atoms with Crippen molar-refractivity contribution >= 4 is 23.2 Å². The zero-order valence-corrected chi connectivity index (χ0v) is 12.3. The van der Waals surface area contributed by atoms with E-state index in [4.69, 9.17) is 11.5 Å². The van der Waals surface area contributed by atoms with Gasteiger partial charge in [-0.15, -0.1) is 0 Å². The first kappa shape index (κ1) is 15.3. The van der Waals surface area contributed by atoms with Crippen molar-refractivity contribution in [1.82, 2.24) is 4.90 Å². The largest absolute Gasteiger partial charge is 0.397 e. The lowest BCUT2D eigenvalue weighted by atomic mass is 9.96. The van der Waals surface area contributed by atoms with Gasteiger partial charge in [0.2, 0.25) is 11.8 Å². The van der Waals surface area contributed by atoms with Crippen molar-refractivity contribution in [2.45, 2.75) is 19.8 Å². The van der Waals surface area contributed by atoms with Gasteiger partial charge in [-0.05, 0) is 50.6 Å². The fraction of sp³-hybridized carbons (Fsp3) is 0.467. The van der Waals surface area contributed by atoms with E-state index >= 15 is 0 Å². The van der Waals surface area contributed by atoms with Crippen LogP contribution in [0.15, 0.2) is 18.2 Å². The molecular weight excluding hydrogens is 268 g/mol. The Hall–Kier alpha value is -2.08. The number of primary amides is 1. The summed E-state index contributed by atoms with van der Waals surface area (Å²) in [7, 11) is 0. The van der Waals surface area contributed by atoms with Crippen LogP contribution in [0, 0.1) is 12.8 Å². The maximum absolute atomic E-state index is 12.0. The smallest absolute Gasteiger partial charge is 0.238 e. The summed E-state index contributed by atoms with van der Waals surface area (Å²) in [4.78, 5) is 25.2. The van der Waals surface area contributed by atoms with Gasteiger partial charge in [0, 0.05) is 5.92 Å². The van der Waals surface area contributed by atoms with Crippen molar-refractivity contribution in [1.29, 1.82) is 0 Å². The number of nitrogens with zero attached hydrogens (tertiary/aromatic N) is 1. The molecule has 1 saturated heterocycles. The first-order valence-corrected chi connectivity index (χ1v) is 7.13. The Balaban J connectivity index is 1.84. The summed E-state index contributed by atoms with van der Waals surface area (Å²) in [5.41, 5.74) is 13.4. The fourth-order valence-corrected chi connectivity index (χ4v) is 2.56. The number of benzene rings is 1. The summed E-state index contributed by atoms with van der Waals surface area (Å²) in [5, 5.41) is 2.82. The Bertz CT molecular complexity index is 536. The van der Waals surface area contributed by atoms with Gasteiger partial charge in [-0.3, -0.25) is 14.5 Å². The summed E-state index contributed by atoms with van der Waals surface area (Å²) in [6, 6.07) is 5.54. The van der Waals surface area contributed by atoms with Gasteiger partial charge in [-0.25, -0.2) is 0 Å². The van der Waals surface area contributed by atoms with E-state index in [-0.39, 0.29) is 17.7 Å². The molecule has 0 bridgehead atoms. The summed E-state index contributed by atoms with van der Waals surface area (Å²) in [5.74, 6) is -0.397. The molecule has 0 radical (unpaired) electrons. The van der Waals surface area contributed by atoms with Gasteiger partial charge in [-0.2, -0.15) is 0 Å². The van der Waals surface area contributed by atoms with Gasteiger partial charge in [0.15, 0.2) is 0 Å². The number of amides is 2. The molecule has 1 aromatic carbocycles. The molecule has 6 heteroatoms. The molecule has 0 saturated carbocycles. The maximum atomic E-state index is 12.0. The van der Waals surface area contributed by atoms with Crippen LogP contribution in [0.25, 0.3) is 0 Å². The standard InChI is InChI=1S/C15H22N4O2/c1-10-2-3-13(12(16)8-10)18-14(20)9-19-6-4-11(5-7-19)15(17)21/h2-3,8,11H,4-7,9,16H2,1H3,(H2,17,21)(H,18,20). The van der Waals surface area contributed by atoms with E-state index in [1.165, 1.54) is 0 Å². The minimum absolute atomic E-state index is 0.0583. The Morgan fingerprint density at radius 3 is 2.57 bits per heavy atom. The van der Waals surface area contributed by atoms with E-state index in [9.17, 15) is 9.59 Å². The maximum Gasteiger partial charge on any atom is 0.238 e. The third-order valence-corrected chi connectivity index (χ3v) is 3.84. The predicted octanol–water partition coefficient (Wildman–Crippen LogP) is 0.713. The van der Waals surface area contributed by atoms with Gasteiger partial charge in [0.1, 0.15) is 0 Å². The van der Waals surface area contributed by atoms with Crippen molar-refractivity contribution in [3.8, 4) is 0 Å². The van der Waals surface area contributed by atoms with Crippen molar-refractivity contribution in [2.24, 2.45) is 11.7 Å². The molecule has 1 aromatic rings. The number of likely N-dealkylation sites (tertiary alicyclic amines) is 1. The van der Waals surface area contributed by atoms with Crippen molar-refractivity contribution in [3.63, 3.8) is 0 Å². The summed E-state index contributed by atoms with van der Waals surface area (Å²) in [6.07, 6.45) is 1.44. The molecule has 2 amide bonds. The molecule has 5 N–H and O–H groups in total. The summed E-state index contributed by atoms with van der Waals surface area (Å²) >= 11 is 0. The van der Waals surface area contributed by atoms with Gasteiger partial charge < -0.3 is 16.8 Å². The molecule has 1 aliphatic rings. The average Bonchev–Trinajstić information content (AvgIpc) is 2.42. The van der Waals surface area contributed by atoms with Crippen LogP contribution in [0.4, 0.5) is 11.4 Å². The van der Waals surface area contributed by atoms with Gasteiger partial charge in [0.25, 0.3) is 0 Å². The Morgan fingerprint density at radius 2 is 2.00 bits per heavy atom. The number of carbonyl (C=O) groups excluding carboxylic acids is 2. The summed E-state index contributed by atoms with van der Waals surface area (Å²) < 4.78 is 0.